The summed E-state index contributed by atoms with van der Waals surface area (Å²) in [6.07, 6.45) is 1.55. The Morgan fingerprint density at radius 2 is 1.53 bits per heavy atom. The van der Waals surface area contributed by atoms with Gasteiger partial charge in [0, 0.05) is 5.56 Å². The molecular formula is C26H27N3O3. The van der Waals surface area contributed by atoms with E-state index in [1.165, 1.54) is 0 Å². The van der Waals surface area contributed by atoms with Crippen molar-refractivity contribution in [3.63, 3.8) is 0 Å². The highest BCUT2D eigenvalue weighted by Crippen LogP contribution is 2.13. The molecular weight excluding hydrogens is 402 g/mol. The zero-order chi connectivity index (χ0) is 22.8. The number of hydrogen-bond donors (Lipinski definition) is 2. The normalized spacial score (nSPS) is 11.8. The fourth-order valence-corrected chi connectivity index (χ4v) is 2.98. The van der Waals surface area contributed by atoms with E-state index in [1.54, 1.807) is 30.5 Å². The van der Waals surface area contributed by atoms with E-state index in [9.17, 15) is 9.59 Å². The number of nitrogens with zero attached hydrogens (tertiary/aromatic N) is 1. The minimum absolute atomic E-state index is 0.0982. The highest BCUT2D eigenvalue weighted by atomic mass is 16.5. The Hall–Kier alpha value is -3.93. The average Bonchev–Trinajstić information content (AvgIpc) is 2.82. The zero-order valence-electron chi connectivity index (χ0n) is 18.2. The summed E-state index contributed by atoms with van der Waals surface area (Å²) in [4.78, 5) is 24.9. The molecule has 3 aromatic carbocycles. The maximum absolute atomic E-state index is 12.6. The topological polar surface area (TPSA) is 79.8 Å². The molecule has 0 aliphatic rings. The van der Waals surface area contributed by atoms with Gasteiger partial charge in [-0.15, -0.1) is 0 Å². The first-order valence-electron chi connectivity index (χ1n) is 10.5. The van der Waals surface area contributed by atoms with Gasteiger partial charge in [-0.1, -0.05) is 62.4 Å². The van der Waals surface area contributed by atoms with Crippen molar-refractivity contribution in [2.24, 2.45) is 11.0 Å². The number of benzene rings is 3. The van der Waals surface area contributed by atoms with Crippen molar-refractivity contribution < 1.29 is 14.3 Å². The van der Waals surface area contributed by atoms with Gasteiger partial charge in [-0.05, 0) is 53.4 Å². The Kier molecular flexibility index (Phi) is 8.15. The van der Waals surface area contributed by atoms with Gasteiger partial charge in [0.15, 0.2) is 0 Å². The second-order valence-corrected chi connectivity index (χ2v) is 7.64. The number of amides is 2. The van der Waals surface area contributed by atoms with Crippen LogP contribution < -0.4 is 15.5 Å². The van der Waals surface area contributed by atoms with Gasteiger partial charge >= 0.3 is 0 Å². The van der Waals surface area contributed by atoms with E-state index in [-0.39, 0.29) is 17.7 Å². The molecule has 0 fully saturated rings. The molecule has 0 aromatic heterocycles. The van der Waals surface area contributed by atoms with Gasteiger partial charge in [-0.2, -0.15) is 5.10 Å². The lowest BCUT2D eigenvalue weighted by atomic mass is 10.0. The van der Waals surface area contributed by atoms with Gasteiger partial charge in [0.05, 0.1) is 6.21 Å². The fourth-order valence-electron chi connectivity index (χ4n) is 2.98. The van der Waals surface area contributed by atoms with Gasteiger partial charge in [-0.3, -0.25) is 9.59 Å². The maximum atomic E-state index is 12.6. The van der Waals surface area contributed by atoms with Crippen molar-refractivity contribution in [3.8, 4) is 5.75 Å². The van der Waals surface area contributed by atoms with Crippen LogP contribution in [0.3, 0.4) is 0 Å². The first-order chi connectivity index (χ1) is 15.5. The molecule has 0 heterocycles. The minimum Gasteiger partial charge on any atom is -0.489 e. The Bertz CT molecular complexity index is 1030. The van der Waals surface area contributed by atoms with E-state index >= 15 is 0 Å². The minimum atomic E-state index is -0.700. The summed E-state index contributed by atoms with van der Waals surface area (Å²) in [5.74, 6) is -0.0182. The molecule has 0 aliphatic heterocycles. The van der Waals surface area contributed by atoms with Crippen LogP contribution in [-0.2, 0) is 11.4 Å². The molecule has 0 bridgehead atoms. The van der Waals surface area contributed by atoms with E-state index in [1.807, 2.05) is 74.5 Å². The molecule has 0 radical (unpaired) electrons. The van der Waals surface area contributed by atoms with E-state index in [4.69, 9.17) is 4.74 Å². The Morgan fingerprint density at radius 1 is 0.906 bits per heavy atom. The molecule has 3 rings (SSSR count). The van der Waals surface area contributed by atoms with Crippen LogP contribution in [0.15, 0.2) is 90.0 Å². The summed E-state index contributed by atoms with van der Waals surface area (Å²) in [6.45, 7) is 4.23. The second kappa shape index (κ2) is 11.5. The molecule has 0 aliphatic carbocycles. The molecule has 6 nitrogen and oxygen atoms in total. The summed E-state index contributed by atoms with van der Waals surface area (Å²) in [5, 5.41) is 6.81. The van der Waals surface area contributed by atoms with Crippen LogP contribution >= 0.6 is 0 Å². The summed E-state index contributed by atoms with van der Waals surface area (Å²) in [5.41, 5.74) is 4.93. The molecule has 6 heteroatoms. The number of carbonyl (C=O) groups excluding carboxylic acids is 2. The van der Waals surface area contributed by atoms with Crippen LogP contribution in [0.4, 0.5) is 0 Å². The molecule has 1 atom stereocenters. The molecule has 0 spiro atoms. The largest absolute Gasteiger partial charge is 0.489 e. The summed E-state index contributed by atoms with van der Waals surface area (Å²) in [7, 11) is 0. The van der Waals surface area contributed by atoms with E-state index < -0.39 is 6.04 Å². The van der Waals surface area contributed by atoms with Crippen molar-refractivity contribution in [3.05, 3.63) is 102 Å². The van der Waals surface area contributed by atoms with Crippen LogP contribution in [0.1, 0.15) is 35.3 Å². The van der Waals surface area contributed by atoms with E-state index in [2.05, 4.69) is 15.8 Å². The lowest BCUT2D eigenvalue weighted by Crippen LogP contribution is -2.48. The van der Waals surface area contributed by atoms with Crippen LogP contribution in [0.25, 0.3) is 0 Å². The predicted molar refractivity (Wildman–Crippen MR) is 125 cm³/mol. The molecule has 1 unspecified atom stereocenters. The van der Waals surface area contributed by atoms with Gasteiger partial charge in [0.2, 0.25) is 0 Å². The molecule has 3 aromatic rings. The van der Waals surface area contributed by atoms with Crippen LogP contribution in [0.5, 0.6) is 5.75 Å². The van der Waals surface area contributed by atoms with Crippen LogP contribution in [0, 0.1) is 5.92 Å². The number of rotatable bonds is 9. The monoisotopic (exact) mass is 429 g/mol. The molecule has 164 valence electrons. The summed E-state index contributed by atoms with van der Waals surface area (Å²) < 4.78 is 5.77. The molecule has 0 saturated carbocycles. The van der Waals surface area contributed by atoms with Crippen molar-refractivity contribution >= 4 is 18.0 Å². The van der Waals surface area contributed by atoms with Crippen LogP contribution in [0.2, 0.25) is 0 Å². The molecule has 2 amide bonds. The third kappa shape index (κ3) is 6.80. The van der Waals surface area contributed by atoms with Gasteiger partial charge < -0.3 is 10.1 Å². The predicted octanol–water partition coefficient (Wildman–Crippen LogP) is 4.17. The van der Waals surface area contributed by atoms with Crippen molar-refractivity contribution in [1.29, 1.82) is 0 Å². The Morgan fingerprint density at radius 3 is 2.16 bits per heavy atom. The van der Waals surface area contributed by atoms with E-state index in [0.29, 0.717) is 12.2 Å². The van der Waals surface area contributed by atoms with Crippen molar-refractivity contribution in [1.82, 2.24) is 10.7 Å². The lowest BCUT2D eigenvalue weighted by molar-refractivity contribution is -0.123. The number of nitrogens with one attached hydrogen (secondary N) is 2. The highest BCUT2D eigenvalue weighted by Gasteiger charge is 2.24. The Balaban J connectivity index is 1.52. The van der Waals surface area contributed by atoms with Crippen molar-refractivity contribution in [2.45, 2.75) is 26.5 Å². The van der Waals surface area contributed by atoms with E-state index in [0.717, 1.165) is 16.9 Å². The SMILES string of the molecule is CC(C)C(NC(=O)c1ccccc1)C(=O)N/N=C/c1ccc(OCc2ccccc2)cc1. The number of carbonyl (C=O) groups is 2. The summed E-state index contributed by atoms with van der Waals surface area (Å²) >= 11 is 0. The zero-order valence-corrected chi connectivity index (χ0v) is 18.2. The second-order valence-electron chi connectivity index (χ2n) is 7.64. The highest BCUT2D eigenvalue weighted by molar-refractivity contribution is 5.97. The number of hydrazone groups is 1. The number of ether oxygens (including phenoxy) is 1. The average molecular weight is 430 g/mol. The van der Waals surface area contributed by atoms with Crippen molar-refractivity contribution in [2.75, 3.05) is 0 Å². The molecule has 0 saturated heterocycles. The van der Waals surface area contributed by atoms with Gasteiger partial charge in [0.1, 0.15) is 18.4 Å². The number of hydrogen-bond acceptors (Lipinski definition) is 4. The standard InChI is InChI=1S/C26H27N3O3/c1-19(2)24(28-25(30)22-11-7-4-8-12-22)26(31)29-27-17-20-13-15-23(16-14-20)32-18-21-9-5-3-6-10-21/h3-17,19,24H,18H2,1-2H3,(H,28,30)(H,29,31)/b27-17+. The first-order valence-corrected chi connectivity index (χ1v) is 10.5. The third-order valence-corrected chi connectivity index (χ3v) is 4.79. The molecule has 2 N–H and O–H groups in total. The Labute approximate surface area is 188 Å². The quantitative estimate of drug-likeness (QED) is 0.396. The fraction of sp³-hybridized carbons (Fsp3) is 0.192. The smallest absolute Gasteiger partial charge is 0.262 e. The van der Waals surface area contributed by atoms with Crippen LogP contribution in [-0.4, -0.2) is 24.1 Å². The first kappa shape index (κ1) is 22.7. The molecule has 32 heavy (non-hydrogen) atoms. The lowest BCUT2D eigenvalue weighted by Gasteiger charge is -2.20. The maximum Gasteiger partial charge on any atom is 0.262 e. The third-order valence-electron chi connectivity index (χ3n) is 4.79. The van der Waals surface area contributed by atoms with Gasteiger partial charge in [-0.25, -0.2) is 5.43 Å². The van der Waals surface area contributed by atoms with Gasteiger partial charge in [0.25, 0.3) is 11.8 Å². The summed E-state index contributed by atoms with van der Waals surface area (Å²) in [6, 6.07) is 25.5.